The second-order valence-electron chi connectivity index (χ2n) is 5.12. The molecule has 0 atom stereocenters. The Hall–Kier alpha value is -1.60. The number of hydrogen-bond donors (Lipinski definition) is 3. The molecule has 0 bridgehead atoms. The Kier molecular flexibility index (Phi) is 5.52. The van der Waals surface area contributed by atoms with E-state index in [1.807, 2.05) is 20.8 Å². The summed E-state index contributed by atoms with van der Waals surface area (Å²) in [4.78, 5) is 11.8. The summed E-state index contributed by atoms with van der Waals surface area (Å²) in [6, 6.07) is 5.05. The number of ether oxygens (including phenoxy) is 1. The van der Waals surface area contributed by atoms with Crippen molar-refractivity contribution in [3.8, 4) is 0 Å². The molecule has 0 fully saturated rings. The van der Waals surface area contributed by atoms with Crippen LogP contribution in [0.25, 0.3) is 0 Å². The van der Waals surface area contributed by atoms with Crippen molar-refractivity contribution in [2.24, 2.45) is 10.9 Å². The van der Waals surface area contributed by atoms with Crippen molar-refractivity contribution in [2.75, 3.05) is 11.9 Å². The maximum Gasteiger partial charge on any atom is 0.250 e. The summed E-state index contributed by atoms with van der Waals surface area (Å²) in [6.07, 6.45) is 0. The molecule has 1 amide bonds. The molecule has 0 aliphatic heterocycles. The van der Waals surface area contributed by atoms with E-state index in [1.165, 1.54) is 0 Å². The van der Waals surface area contributed by atoms with Crippen LogP contribution in [-0.2, 0) is 9.53 Å². The van der Waals surface area contributed by atoms with Gasteiger partial charge in [0.2, 0.25) is 5.91 Å². The summed E-state index contributed by atoms with van der Waals surface area (Å²) in [5.41, 5.74) is 6.05. The van der Waals surface area contributed by atoms with Crippen LogP contribution in [0.4, 0.5) is 5.69 Å². The number of carbonyl (C=O) groups excluding carboxylic acids is 1. The average molecular weight is 344 g/mol. The highest BCUT2D eigenvalue weighted by Gasteiger charge is 2.15. The molecule has 0 aliphatic carbocycles. The third-order valence-electron chi connectivity index (χ3n) is 2.28. The van der Waals surface area contributed by atoms with E-state index >= 15 is 0 Å². The van der Waals surface area contributed by atoms with Crippen LogP contribution in [0.1, 0.15) is 26.3 Å². The monoisotopic (exact) mass is 343 g/mol. The molecule has 0 unspecified atom stereocenters. The number of hydrogen-bond acceptors (Lipinski definition) is 4. The van der Waals surface area contributed by atoms with E-state index in [4.69, 9.17) is 15.7 Å². The maximum atomic E-state index is 11.8. The molecule has 4 N–H and O–H groups in total. The van der Waals surface area contributed by atoms with Gasteiger partial charge in [0, 0.05) is 10.0 Å². The van der Waals surface area contributed by atoms with Crippen molar-refractivity contribution in [3.63, 3.8) is 0 Å². The van der Waals surface area contributed by atoms with Crippen molar-refractivity contribution >= 4 is 33.4 Å². The molecule has 0 radical (unpaired) electrons. The Labute approximate surface area is 126 Å². The van der Waals surface area contributed by atoms with Gasteiger partial charge >= 0.3 is 0 Å². The molecule has 0 aliphatic rings. The zero-order chi connectivity index (χ0) is 15.3. The number of benzene rings is 1. The molecule has 6 nitrogen and oxygen atoms in total. The van der Waals surface area contributed by atoms with Gasteiger partial charge in [-0.3, -0.25) is 4.79 Å². The number of rotatable bonds is 4. The van der Waals surface area contributed by atoms with Gasteiger partial charge in [0.1, 0.15) is 6.61 Å². The van der Waals surface area contributed by atoms with Gasteiger partial charge in [0.15, 0.2) is 5.84 Å². The first-order valence-corrected chi connectivity index (χ1v) is 6.73. The van der Waals surface area contributed by atoms with Crippen LogP contribution >= 0.6 is 15.9 Å². The number of anilines is 1. The molecule has 7 heteroatoms. The highest BCUT2D eigenvalue weighted by atomic mass is 79.9. The minimum absolute atomic E-state index is 0.0742. The fourth-order valence-electron chi connectivity index (χ4n) is 1.36. The smallest absolute Gasteiger partial charge is 0.250 e. The van der Waals surface area contributed by atoms with E-state index in [2.05, 4.69) is 26.4 Å². The van der Waals surface area contributed by atoms with Gasteiger partial charge in [0.05, 0.1) is 11.3 Å². The van der Waals surface area contributed by atoms with Crippen LogP contribution in [0, 0.1) is 0 Å². The molecule has 0 saturated heterocycles. The topological polar surface area (TPSA) is 96.9 Å². The van der Waals surface area contributed by atoms with Crippen molar-refractivity contribution < 1.29 is 14.7 Å². The second-order valence-corrected chi connectivity index (χ2v) is 6.04. The minimum atomic E-state index is -0.397. The maximum absolute atomic E-state index is 11.8. The number of nitrogens with zero attached hydrogens (tertiary/aromatic N) is 1. The summed E-state index contributed by atoms with van der Waals surface area (Å²) in [5, 5.41) is 14.4. The van der Waals surface area contributed by atoms with E-state index < -0.39 is 5.60 Å². The van der Waals surface area contributed by atoms with E-state index in [0.717, 1.165) is 4.47 Å². The fraction of sp³-hybridized carbons (Fsp3) is 0.385. The lowest BCUT2D eigenvalue weighted by Crippen LogP contribution is -2.28. The van der Waals surface area contributed by atoms with Crippen molar-refractivity contribution in [1.82, 2.24) is 0 Å². The van der Waals surface area contributed by atoms with Gasteiger partial charge in [-0.05, 0) is 39.0 Å². The Morgan fingerprint density at radius 3 is 2.70 bits per heavy atom. The van der Waals surface area contributed by atoms with Gasteiger partial charge in [-0.2, -0.15) is 0 Å². The number of amidine groups is 1. The number of oxime groups is 1. The summed E-state index contributed by atoms with van der Waals surface area (Å²) in [6.45, 7) is 5.51. The van der Waals surface area contributed by atoms with Crippen LogP contribution in [0.15, 0.2) is 27.8 Å². The van der Waals surface area contributed by atoms with Gasteiger partial charge in [-0.25, -0.2) is 0 Å². The van der Waals surface area contributed by atoms with Crippen LogP contribution in [-0.4, -0.2) is 29.2 Å². The Balaban J connectivity index is 2.85. The molecule has 0 heterocycles. The largest absolute Gasteiger partial charge is 0.409 e. The molecule has 20 heavy (non-hydrogen) atoms. The van der Waals surface area contributed by atoms with E-state index in [1.54, 1.807) is 18.2 Å². The number of halogens is 1. The quantitative estimate of drug-likeness (QED) is 0.338. The first-order valence-electron chi connectivity index (χ1n) is 5.94. The van der Waals surface area contributed by atoms with Crippen LogP contribution in [0.5, 0.6) is 0 Å². The predicted octanol–water partition coefficient (Wildman–Crippen LogP) is 2.30. The van der Waals surface area contributed by atoms with Gasteiger partial charge in [-0.1, -0.05) is 21.1 Å². The van der Waals surface area contributed by atoms with Crippen molar-refractivity contribution in [3.05, 3.63) is 28.2 Å². The van der Waals surface area contributed by atoms with Crippen LogP contribution in [0.2, 0.25) is 0 Å². The summed E-state index contributed by atoms with van der Waals surface area (Å²) in [5.74, 6) is -0.396. The van der Waals surface area contributed by atoms with Crippen molar-refractivity contribution in [1.29, 1.82) is 0 Å². The highest BCUT2D eigenvalue weighted by Crippen LogP contribution is 2.21. The van der Waals surface area contributed by atoms with Crippen LogP contribution in [0.3, 0.4) is 0 Å². The summed E-state index contributed by atoms with van der Waals surface area (Å²) in [7, 11) is 0. The Bertz CT molecular complexity index is 524. The number of nitrogens with one attached hydrogen (secondary N) is 1. The van der Waals surface area contributed by atoms with Crippen LogP contribution < -0.4 is 11.1 Å². The molecule has 0 aromatic heterocycles. The third-order valence-corrected chi connectivity index (χ3v) is 2.77. The number of amides is 1. The third kappa shape index (κ3) is 5.18. The molecular weight excluding hydrogens is 326 g/mol. The zero-order valence-electron chi connectivity index (χ0n) is 11.6. The minimum Gasteiger partial charge on any atom is -0.409 e. The molecule has 0 spiro atoms. The van der Waals surface area contributed by atoms with Gasteiger partial charge in [-0.15, -0.1) is 0 Å². The number of nitrogens with two attached hydrogens (primary N) is 1. The number of carbonyl (C=O) groups is 1. The van der Waals surface area contributed by atoms with E-state index in [0.29, 0.717) is 11.3 Å². The van der Waals surface area contributed by atoms with Gasteiger partial charge in [0.25, 0.3) is 0 Å². The SMILES string of the molecule is CC(C)(C)OCC(=O)Nc1ccc(Br)cc1/C(N)=N/O. The average Bonchev–Trinajstić information content (AvgIpc) is 2.37. The van der Waals surface area contributed by atoms with E-state index in [9.17, 15) is 4.79 Å². The summed E-state index contributed by atoms with van der Waals surface area (Å²) < 4.78 is 6.13. The predicted molar refractivity (Wildman–Crippen MR) is 81.0 cm³/mol. The molecular formula is C13H18BrN3O3. The van der Waals surface area contributed by atoms with Crippen molar-refractivity contribution in [2.45, 2.75) is 26.4 Å². The lowest BCUT2D eigenvalue weighted by molar-refractivity contribution is -0.125. The molecule has 0 saturated carbocycles. The Morgan fingerprint density at radius 1 is 1.50 bits per heavy atom. The molecule has 1 rings (SSSR count). The lowest BCUT2D eigenvalue weighted by atomic mass is 10.1. The second kappa shape index (κ2) is 6.71. The zero-order valence-corrected chi connectivity index (χ0v) is 13.2. The lowest BCUT2D eigenvalue weighted by Gasteiger charge is -2.19. The summed E-state index contributed by atoms with van der Waals surface area (Å²) >= 11 is 3.29. The first-order chi connectivity index (χ1) is 9.23. The van der Waals surface area contributed by atoms with E-state index in [-0.39, 0.29) is 18.3 Å². The highest BCUT2D eigenvalue weighted by molar-refractivity contribution is 9.10. The normalized spacial score (nSPS) is 12.3. The standard InChI is InChI=1S/C13H18BrN3O3/c1-13(2,3)20-7-11(18)16-10-5-4-8(14)6-9(10)12(15)17-19/h4-6,19H,7H2,1-3H3,(H2,15,17)(H,16,18). The molecule has 1 aromatic carbocycles. The fourth-order valence-corrected chi connectivity index (χ4v) is 1.72. The Morgan fingerprint density at radius 2 is 2.15 bits per heavy atom. The first kappa shape index (κ1) is 16.5. The molecule has 110 valence electrons. The molecule has 1 aromatic rings. The van der Waals surface area contributed by atoms with Gasteiger partial charge < -0.3 is 21.0 Å².